The fourth-order valence-electron chi connectivity index (χ4n) is 1.72. The van der Waals surface area contributed by atoms with Crippen molar-refractivity contribution in [2.45, 2.75) is 19.9 Å². The molecule has 5 nitrogen and oxygen atoms in total. The van der Waals surface area contributed by atoms with E-state index in [1.54, 1.807) is 18.3 Å². The molecule has 1 amide bonds. The highest BCUT2D eigenvalue weighted by Crippen LogP contribution is 2.12. The van der Waals surface area contributed by atoms with Crippen molar-refractivity contribution < 1.29 is 9.53 Å². The van der Waals surface area contributed by atoms with Crippen LogP contribution >= 0.6 is 0 Å². The topological polar surface area (TPSA) is 67.0 Å². The Bertz CT molecular complexity index is 536. The summed E-state index contributed by atoms with van der Waals surface area (Å²) >= 11 is 0. The van der Waals surface area contributed by atoms with Gasteiger partial charge in [0.05, 0.1) is 18.3 Å². The minimum absolute atomic E-state index is 0.00471. The van der Waals surface area contributed by atoms with Crippen LogP contribution in [0.3, 0.4) is 0 Å². The maximum Gasteiger partial charge on any atom is 0.251 e. The molecule has 2 N–H and O–H groups in total. The van der Waals surface area contributed by atoms with Crippen LogP contribution in [0.2, 0.25) is 0 Å². The second-order valence-corrected chi connectivity index (χ2v) is 4.21. The van der Waals surface area contributed by atoms with E-state index in [1.807, 2.05) is 19.9 Å². The van der Waals surface area contributed by atoms with Gasteiger partial charge in [-0.25, -0.2) is 0 Å². The largest absolute Gasteiger partial charge is 0.380 e. The van der Waals surface area contributed by atoms with Crippen molar-refractivity contribution in [1.29, 1.82) is 0 Å². The normalized spacial score (nSPS) is 12.6. The number of fused-ring (bicyclic) bond motifs is 1. The first-order chi connectivity index (χ1) is 8.70. The minimum atomic E-state index is -0.0984. The SMILES string of the molecule is CCOCC(C)NC(=O)c1ccc2cn[nH]c2c1. The molecule has 1 unspecified atom stereocenters. The standard InChI is InChI=1S/C13H17N3O2/c1-3-18-8-9(2)15-13(17)10-4-5-11-7-14-16-12(11)6-10/h4-7,9H,3,8H2,1-2H3,(H,14,16)(H,15,17). The number of benzene rings is 1. The number of H-pyrrole nitrogens is 1. The van der Waals surface area contributed by atoms with E-state index in [-0.39, 0.29) is 11.9 Å². The summed E-state index contributed by atoms with van der Waals surface area (Å²) in [5.41, 5.74) is 1.48. The number of carbonyl (C=O) groups is 1. The number of aromatic amines is 1. The Labute approximate surface area is 106 Å². The fourth-order valence-corrected chi connectivity index (χ4v) is 1.72. The van der Waals surface area contributed by atoms with E-state index in [0.29, 0.717) is 18.8 Å². The van der Waals surface area contributed by atoms with Crippen molar-refractivity contribution in [2.75, 3.05) is 13.2 Å². The molecule has 1 aromatic carbocycles. The summed E-state index contributed by atoms with van der Waals surface area (Å²) in [4.78, 5) is 12.0. The van der Waals surface area contributed by atoms with Gasteiger partial charge in [-0.05, 0) is 26.0 Å². The first-order valence-corrected chi connectivity index (χ1v) is 6.02. The number of aromatic nitrogens is 2. The molecule has 0 fully saturated rings. The molecule has 2 rings (SSSR count). The summed E-state index contributed by atoms with van der Waals surface area (Å²) in [6.45, 7) is 5.03. The van der Waals surface area contributed by atoms with Gasteiger partial charge in [-0.15, -0.1) is 0 Å². The first kappa shape index (κ1) is 12.6. The quantitative estimate of drug-likeness (QED) is 0.845. The van der Waals surface area contributed by atoms with Crippen LogP contribution in [-0.2, 0) is 4.74 Å². The molecular weight excluding hydrogens is 230 g/mol. The first-order valence-electron chi connectivity index (χ1n) is 6.02. The molecule has 1 atom stereocenters. The maximum absolute atomic E-state index is 12.0. The van der Waals surface area contributed by atoms with Crippen molar-refractivity contribution in [1.82, 2.24) is 15.5 Å². The van der Waals surface area contributed by atoms with Crippen LogP contribution in [0, 0.1) is 0 Å². The molecule has 1 heterocycles. The summed E-state index contributed by atoms with van der Waals surface area (Å²) < 4.78 is 5.26. The molecule has 2 aromatic rings. The van der Waals surface area contributed by atoms with Crippen LogP contribution in [0.25, 0.3) is 10.9 Å². The number of nitrogens with zero attached hydrogens (tertiary/aromatic N) is 1. The number of ether oxygens (including phenoxy) is 1. The number of hydrogen-bond donors (Lipinski definition) is 2. The summed E-state index contributed by atoms with van der Waals surface area (Å²) in [5, 5.41) is 10.7. The van der Waals surface area contributed by atoms with Gasteiger partial charge in [-0.1, -0.05) is 6.07 Å². The van der Waals surface area contributed by atoms with Gasteiger partial charge in [0.2, 0.25) is 0 Å². The number of carbonyl (C=O) groups excluding carboxylic acids is 1. The van der Waals surface area contributed by atoms with E-state index < -0.39 is 0 Å². The molecule has 0 spiro atoms. The third-order valence-electron chi connectivity index (χ3n) is 2.65. The lowest BCUT2D eigenvalue weighted by Gasteiger charge is -2.13. The Morgan fingerprint density at radius 2 is 2.39 bits per heavy atom. The second-order valence-electron chi connectivity index (χ2n) is 4.21. The fraction of sp³-hybridized carbons (Fsp3) is 0.385. The number of nitrogens with one attached hydrogen (secondary N) is 2. The van der Waals surface area contributed by atoms with E-state index in [9.17, 15) is 4.79 Å². The van der Waals surface area contributed by atoms with Gasteiger partial charge in [0.1, 0.15) is 0 Å². The molecule has 0 radical (unpaired) electrons. The van der Waals surface area contributed by atoms with Crippen molar-refractivity contribution in [3.05, 3.63) is 30.0 Å². The molecule has 5 heteroatoms. The van der Waals surface area contributed by atoms with Crippen LogP contribution in [0.1, 0.15) is 24.2 Å². The van der Waals surface area contributed by atoms with Crippen LogP contribution < -0.4 is 5.32 Å². The Morgan fingerprint density at radius 3 is 3.17 bits per heavy atom. The highest BCUT2D eigenvalue weighted by molar-refractivity contribution is 5.97. The molecule has 0 bridgehead atoms. The van der Waals surface area contributed by atoms with Crippen molar-refractivity contribution in [3.63, 3.8) is 0 Å². The Balaban J connectivity index is 2.03. The Morgan fingerprint density at radius 1 is 1.56 bits per heavy atom. The van der Waals surface area contributed by atoms with E-state index >= 15 is 0 Å². The second kappa shape index (κ2) is 5.64. The molecule has 0 aliphatic carbocycles. The van der Waals surface area contributed by atoms with E-state index in [0.717, 1.165) is 10.9 Å². The lowest BCUT2D eigenvalue weighted by atomic mass is 10.1. The molecule has 0 saturated heterocycles. The van der Waals surface area contributed by atoms with Gasteiger partial charge in [0.15, 0.2) is 0 Å². The van der Waals surface area contributed by atoms with Crippen molar-refractivity contribution >= 4 is 16.8 Å². The molecule has 1 aromatic heterocycles. The average molecular weight is 247 g/mol. The molecule has 0 saturated carbocycles. The third kappa shape index (κ3) is 2.87. The number of amides is 1. The van der Waals surface area contributed by atoms with Crippen LogP contribution in [0.5, 0.6) is 0 Å². The van der Waals surface area contributed by atoms with Gasteiger partial charge in [-0.3, -0.25) is 9.89 Å². The summed E-state index contributed by atoms with van der Waals surface area (Å²) in [6.07, 6.45) is 1.73. The summed E-state index contributed by atoms with van der Waals surface area (Å²) in [7, 11) is 0. The Kier molecular flexibility index (Phi) is 3.94. The molecule has 0 aliphatic heterocycles. The molecule has 96 valence electrons. The number of rotatable bonds is 5. The van der Waals surface area contributed by atoms with E-state index in [1.165, 1.54) is 0 Å². The summed E-state index contributed by atoms with van der Waals surface area (Å²) in [6, 6.07) is 5.46. The average Bonchev–Trinajstić information content (AvgIpc) is 2.83. The minimum Gasteiger partial charge on any atom is -0.380 e. The molecular formula is C13H17N3O2. The zero-order valence-corrected chi connectivity index (χ0v) is 10.6. The Hall–Kier alpha value is -1.88. The lowest BCUT2D eigenvalue weighted by molar-refractivity contribution is 0.0872. The predicted molar refractivity (Wildman–Crippen MR) is 69.5 cm³/mol. The maximum atomic E-state index is 12.0. The highest BCUT2D eigenvalue weighted by atomic mass is 16.5. The predicted octanol–water partition coefficient (Wildman–Crippen LogP) is 1.72. The zero-order valence-electron chi connectivity index (χ0n) is 10.6. The third-order valence-corrected chi connectivity index (χ3v) is 2.65. The highest BCUT2D eigenvalue weighted by Gasteiger charge is 2.10. The van der Waals surface area contributed by atoms with Crippen LogP contribution in [0.15, 0.2) is 24.4 Å². The van der Waals surface area contributed by atoms with Crippen LogP contribution in [-0.4, -0.2) is 35.4 Å². The zero-order chi connectivity index (χ0) is 13.0. The van der Waals surface area contributed by atoms with Gasteiger partial charge in [-0.2, -0.15) is 5.10 Å². The van der Waals surface area contributed by atoms with Gasteiger partial charge in [0, 0.05) is 23.6 Å². The monoisotopic (exact) mass is 247 g/mol. The molecule has 18 heavy (non-hydrogen) atoms. The number of hydrogen-bond acceptors (Lipinski definition) is 3. The lowest BCUT2D eigenvalue weighted by Crippen LogP contribution is -2.35. The van der Waals surface area contributed by atoms with Gasteiger partial charge in [0.25, 0.3) is 5.91 Å². The van der Waals surface area contributed by atoms with Crippen molar-refractivity contribution in [2.24, 2.45) is 0 Å². The van der Waals surface area contributed by atoms with Crippen molar-refractivity contribution in [3.8, 4) is 0 Å². The van der Waals surface area contributed by atoms with E-state index in [4.69, 9.17) is 4.74 Å². The van der Waals surface area contributed by atoms with Gasteiger partial charge >= 0.3 is 0 Å². The van der Waals surface area contributed by atoms with Gasteiger partial charge < -0.3 is 10.1 Å². The summed E-state index contributed by atoms with van der Waals surface area (Å²) in [5.74, 6) is -0.0984. The molecule has 0 aliphatic rings. The van der Waals surface area contributed by atoms with Crippen LogP contribution in [0.4, 0.5) is 0 Å². The van der Waals surface area contributed by atoms with E-state index in [2.05, 4.69) is 15.5 Å². The smallest absolute Gasteiger partial charge is 0.251 e.